The number of rotatable bonds is 3. The van der Waals surface area contributed by atoms with Gasteiger partial charge in [0.1, 0.15) is 22.9 Å². The van der Waals surface area contributed by atoms with Crippen LogP contribution in [-0.2, 0) is 10.8 Å². The summed E-state index contributed by atoms with van der Waals surface area (Å²) < 4.78 is 2.00. The van der Waals surface area contributed by atoms with Gasteiger partial charge in [0.25, 0.3) is 0 Å². The molecule has 4 rings (SSSR count). The lowest BCUT2D eigenvalue weighted by Crippen LogP contribution is -2.17. The van der Waals surface area contributed by atoms with E-state index < -0.39 is 0 Å². The zero-order valence-corrected chi connectivity index (χ0v) is 22.1. The first-order valence-electron chi connectivity index (χ1n) is 11.7. The maximum absolute atomic E-state index is 11.2. The molecule has 0 spiro atoms. The molecule has 4 aromatic rings. The van der Waals surface area contributed by atoms with Crippen LogP contribution in [0.3, 0.4) is 0 Å². The van der Waals surface area contributed by atoms with E-state index >= 15 is 0 Å². The molecule has 2 heterocycles. The topological polar surface area (TPSA) is 49.6 Å². The van der Waals surface area contributed by atoms with E-state index in [2.05, 4.69) is 91.0 Å². The Labute approximate surface area is 207 Å². The molecule has 2 aromatic carbocycles. The van der Waals surface area contributed by atoms with Crippen LogP contribution in [0.2, 0.25) is 5.02 Å². The lowest BCUT2D eigenvalue weighted by molar-refractivity contribution is 0.423. The van der Waals surface area contributed by atoms with Crippen LogP contribution in [0, 0.1) is 13.8 Å². The number of pyridine rings is 1. The van der Waals surface area contributed by atoms with Crippen LogP contribution in [0.15, 0.2) is 48.7 Å². The van der Waals surface area contributed by atoms with E-state index in [0.29, 0.717) is 10.8 Å². The van der Waals surface area contributed by atoms with Crippen molar-refractivity contribution in [1.29, 1.82) is 0 Å². The molecule has 0 atom stereocenters. The molecule has 0 saturated heterocycles. The number of phenolic OH excluding ortho intramolecular Hbond substituents is 1. The number of hydrogen-bond acceptors (Lipinski definition) is 3. The van der Waals surface area contributed by atoms with Gasteiger partial charge >= 0.3 is 0 Å². The Hall–Kier alpha value is -2.98. The van der Waals surface area contributed by atoms with Gasteiger partial charge in [-0.25, -0.2) is 4.98 Å². The maximum Gasteiger partial charge on any atom is 0.143 e. The number of imidazole rings is 1. The van der Waals surface area contributed by atoms with E-state index in [4.69, 9.17) is 16.6 Å². The smallest absolute Gasteiger partial charge is 0.143 e. The first kappa shape index (κ1) is 24.2. The number of phenols is 1. The number of hydrogen-bond donors (Lipinski definition) is 2. The lowest BCUT2D eigenvalue weighted by atomic mass is 9.78. The predicted octanol–water partition coefficient (Wildman–Crippen LogP) is 8.32. The number of anilines is 2. The normalized spacial score (nSPS) is 12.4. The highest BCUT2D eigenvalue weighted by Crippen LogP contribution is 2.43. The molecule has 0 fully saturated rings. The fourth-order valence-electron chi connectivity index (χ4n) is 4.38. The number of aryl methyl sites for hydroxylation is 2. The van der Waals surface area contributed by atoms with Gasteiger partial charge in [-0.05, 0) is 60.1 Å². The summed E-state index contributed by atoms with van der Waals surface area (Å²) in [6, 6.07) is 14.2. The molecular formula is C29H34ClN3O. The second-order valence-corrected chi connectivity index (χ2v) is 11.6. The van der Waals surface area contributed by atoms with Gasteiger partial charge in [0.2, 0.25) is 0 Å². The fraction of sp³-hybridized carbons (Fsp3) is 0.345. The highest BCUT2D eigenvalue weighted by Gasteiger charge is 2.28. The molecule has 178 valence electrons. The number of aromatic hydroxyl groups is 1. The van der Waals surface area contributed by atoms with E-state index in [0.717, 1.165) is 50.7 Å². The summed E-state index contributed by atoms with van der Waals surface area (Å²) in [4.78, 5) is 5.02. The fourth-order valence-corrected chi connectivity index (χ4v) is 4.54. The zero-order chi connectivity index (χ0) is 25.0. The van der Waals surface area contributed by atoms with E-state index in [1.807, 2.05) is 22.7 Å². The molecule has 0 aliphatic carbocycles. The van der Waals surface area contributed by atoms with E-state index in [1.54, 1.807) is 0 Å². The summed E-state index contributed by atoms with van der Waals surface area (Å²) in [6.45, 7) is 16.9. The number of benzene rings is 2. The predicted molar refractivity (Wildman–Crippen MR) is 144 cm³/mol. The van der Waals surface area contributed by atoms with Gasteiger partial charge in [-0.1, -0.05) is 71.3 Å². The maximum atomic E-state index is 11.2. The third kappa shape index (κ3) is 4.39. The first-order valence-corrected chi connectivity index (χ1v) is 12.0. The minimum Gasteiger partial charge on any atom is -0.507 e. The summed E-state index contributed by atoms with van der Waals surface area (Å²) in [7, 11) is 0. The van der Waals surface area contributed by atoms with Gasteiger partial charge in [-0.15, -0.1) is 0 Å². The van der Waals surface area contributed by atoms with Crippen molar-refractivity contribution in [3.63, 3.8) is 0 Å². The zero-order valence-electron chi connectivity index (χ0n) is 21.3. The van der Waals surface area contributed by atoms with Gasteiger partial charge in [-0.3, -0.25) is 4.40 Å². The van der Waals surface area contributed by atoms with Crippen LogP contribution >= 0.6 is 11.6 Å². The molecule has 0 aliphatic rings. The van der Waals surface area contributed by atoms with Gasteiger partial charge in [0, 0.05) is 28.6 Å². The van der Waals surface area contributed by atoms with Crippen molar-refractivity contribution in [1.82, 2.24) is 9.38 Å². The van der Waals surface area contributed by atoms with Crippen LogP contribution in [0.4, 0.5) is 11.5 Å². The van der Waals surface area contributed by atoms with Gasteiger partial charge in [-0.2, -0.15) is 0 Å². The van der Waals surface area contributed by atoms with Gasteiger partial charge < -0.3 is 10.4 Å². The van der Waals surface area contributed by atoms with Crippen molar-refractivity contribution in [3.8, 4) is 17.0 Å². The third-order valence-corrected chi connectivity index (χ3v) is 6.53. The summed E-state index contributed by atoms with van der Waals surface area (Å²) >= 11 is 6.39. The Morgan fingerprint density at radius 3 is 1.97 bits per heavy atom. The second-order valence-electron chi connectivity index (χ2n) is 11.2. The molecule has 0 aliphatic heterocycles. The number of para-hydroxylation sites is 1. The Morgan fingerprint density at radius 2 is 1.44 bits per heavy atom. The number of nitrogens with zero attached hydrogens (tertiary/aromatic N) is 2. The summed E-state index contributed by atoms with van der Waals surface area (Å²) in [5.74, 6) is 1.21. The monoisotopic (exact) mass is 475 g/mol. The Morgan fingerprint density at radius 1 is 0.882 bits per heavy atom. The highest BCUT2D eigenvalue weighted by atomic mass is 35.5. The van der Waals surface area contributed by atoms with E-state index in [9.17, 15) is 5.11 Å². The summed E-state index contributed by atoms with van der Waals surface area (Å²) in [5.41, 5.74) is 7.28. The SMILES string of the molecule is Cc1cccc(C)c1Nc1c(-c2cc(C(C)(C)C)c(O)c(C(C)(C)C)c2)nc2ccc(Cl)cn12. The Kier molecular flexibility index (Phi) is 5.93. The quantitative estimate of drug-likeness (QED) is 0.313. The van der Waals surface area contributed by atoms with Crippen LogP contribution in [-0.4, -0.2) is 14.5 Å². The standard InChI is InChI=1S/C29H34ClN3O/c1-17-10-9-11-18(2)24(17)32-27-25(31-23-13-12-20(30)16-33(23)27)19-14-21(28(3,4)5)26(34)22(15-19)29(6,7)8/h9-16,32,34H,1-8H3. The molecule has 0 radical (unpaired) electrons. The van der Waals surface area contributed by atoms with Crippen molar-refractivity contribution >= 4 is 28.8 Å². The minimum atomic E-state index is -0.233. The Bertz CT molecular complexity index is 1330. The molecule has 0 amide bonds. The molecular weight excluding hydrogens is 442 g/mol. The Balaban J connectivity index is 2.05. The van der Waals surface area contributed by atoms with Crippen LogP contribution in [0.1, 0.15) is 63.8 Å². The molecule has 5 heteroatoms. The largest absolute Gasteiger partial charge is 0.507 e. The molecule has 2 N–H and O–H groups in total. The van der Waals surface area contributed by atoms with Crippen molar-refractivity contribution in [2.24, 2.45) is 0 Å². The third-order valence-electron chi connectivity index (χ3n) is 6.31. The average molecular weight is 476 g/mol. The van der Waals surface area contributed by atoms with Crippen LogP contribution in [0.5, 0.6) is 5.75 Å². The molecule has 34 heavy (non-hydrogen) atoms. The van der Waals surface area contributed by atoms with Crippen molar-refractivity contribution in [2.45, 2.75) is 66.2 Å². The number of aromatic nitrogens is 2. The summed E-state index contributed by atoms with van der Waals surface area (Å²) in [5, 5.41) is 15.5. The van der Waals surface area contributed by atoms with Gasteiger partial charge in [0.15, 0.2) is 0 Å². The second kappa shape index (κ2) is 8.35. The van der Waals surface area contributed by atoms with Gasteiger partial charge in [0.05, 0.1) is 5.02 Å². The van der Waals surface area contributed by atoms with Crippen LogP contribution < -0.4 is 5.32 Å². The molecule has 0 saturated carbocycles. The molecule has 0 unspecified atom stereocenters. The highest BCUT2D eigenvalue weighted by molar-refractivity contribution is 6.30. The lowest BCUT2D eigenvalue weighted by Gasteiger charge is -2.28. The molecule has 2 aromatic heterocycles. The summed E-state index contributed by atoms with van der Waals surface area (Å²) in [6.07, 6.45) is 1.89. The van der Waals surface area contributed by atoms with E-state index in [1.165, 1.54) is 0 Å². The van der Waals surface area contributed by atoms with Crippen LogP contribution in [0.25, 0.3) is 16.9 Å². The number of halogens is 1. The number of nitrogens with one attached hydrogen (secondary N) is 1. The first-order chi connectivity index (χ1) is 15.8. The number of fused-ring (bicyclic) bond motifs is 1. The average Bonchev–Trinajstić information content (AvgIpc) is 3.06. The molecule has 4 nitrogen and oxygen atoms in total. The van der Waals surface area contributed by atoms with Crippen molar-refractivity contribution in [2.75, 3.05) is 5.32 Å². The van der Waals surface area contributed by atoms with Crippen molar-refractivity contribution < 1.29 is 5.11 Å². The van der Waals surface area contributed by atoms with Crippen molar-refractivity contribution in [3.05, 3.63) is 75.9 Å². The minimum absolute atomic E-state index is 0.233. The van der Waals surface area contributed by atoms with E-state index in [-0.39, 0.29) is 10.8 Å². The molecule has 0 bridgehead atoms.